The molecule has 0 saturated carbocycles. The molecule has 23 heavy (non-hydrogen) atoms. The summed E-state index contributed by atoms with van der Waals surface area (Å²) in [7, 11) is -2.13. The third-order valence-electron chi connectivity index (χ3n) is 3.11. The third-order valence-corrected chi connectivity index (χ3v) is 3.78. The predicted octanol–water partition coefficient (Wildman–Crippen LogP) is -1.69. The molecule has 4 N–H and O–H groups in total. The SMILES string of the molecule is COCCOC1OC(CO)C(OCCOP(C)(=O)O)C(O)C1O. The zero-order chi connectivity index (χ0) is 17.5. The van der Waals surface area contributed by atoms with Crippen LogP contribution in [0.15, 0.2) is 0 Å². The Kier molecular flexibility index (Phi) is 9.09. The van der Waals surface area contributed by atoms with Gasteiger partial charge < -0.3 is 43.7 Å². The second-order valence-electron chi connectivity index (χ2n) is 5.04. The van der Waals surface area contributed by atoms with Crippen LogP contribution in [0.25, 0.3) is 0 Å². The quantitative estimate of drug-likeness (QED) is 0.263. The van der Waals surface area contributed by atoms with Gasteiger partial charge in [-0.2, -0.15) is 0 Å². The van der Waals surface area contributed by atoms with Crippen LogP contribution in [0.4, 0.5) is 0 Å². The van der Waals surface area contributed by atoms with E-state index in [9.17, 15) is 19.9 Å². The summed E-state index contributed by atoms with van der Waals surface area (Å²) < 4.78 is 36.3. The van der Waals surface area contributed by atoms with E-state index in [0.29, 0.717) is 0 Å². The summed E-state index contributed by atoms with van der Waals surface area (Å²) in [6.07, 6.45) is -5.83. The van der Waals surface area contributed by atoms with Gasteiger partial charge in [-0.1, -0.05) is 0 Å². The standard InChI is InChI=1S/C12H25O10P/c1-18-3-4-20-12-10(15)9(14)11(8(7-13)22-12)19-5-6-21-23(2,16)17/h8-15H,3-7H2,1-2H3,(H,16,17). The zero-order valence-corrected chi connectivity index (χ0v) is 14.0. The Morgan fingerprint density at radius 2 is 1.74 bits per heavy atom. The van der Waals surface area contributed by atoms with Crippen molar-refractivity contribution in [3.63, 3.8) is 0 Å². The van der Waals surface area contributed by atoms with E-state index in [1.54, 1.807) is 0 Å². The molecule has 138 valence electrons. The molecule has 0 aliphatic carbocycles. The number of hydrogen-bond donors (Lipinski definition) is 4. The van der Waals surface area contributed by atoms with E-state index in [0.717, 1.165) is 6.66 Å². The van der Waals surface area contributed by atoms with Crippen LogP contribution >= 0.6 is 7.60 Å². The van der Waals surface area contributed by atoms with Gasteiger partial charge in [-0.15, -0.1) is 0 Å². The van der Waals surface area contributed by atoms with Crippen molar-refractivity contribution >= 4 is 7.60 Å². The first-order valence-electron chi connectivity index (χ1n) is 7.09. The normalized spacial score (nSPS) is 34.3. The van der Waals surface area contributed by atoms with Crippen molar-refractivity contribution in [3.05, 3.63) is 0 Å². The maximum absolute atomic E-state index is 11.0. The number of rotatable bonds is 10. The van der Waals surface area contributed by atoms with Gasteiger partial charge in [0.05, 0.1) is 33.0 Å². The maximum Gasteiger partial charge on any atom is 0.325 e. The number of hydrogen-bond acceptors (Lipinski definition) is 9. The van der Waals surface area contributed by atoms with Gasteiger partial charge in [0.25, 0.3) is 0 Å². The molecule has 0 bridgehead atoms. The van der Waals surface area contributed by atoms with Crippen molar-refractivity contribution in [3.8, 4) is 0 Å². The van der Waals surface area contributed by atoms with E-state index >= 15 is 0 Å². The Labute approximate surface area is 134 Å². The van der Waals surface area contributed by atoms with Gasteiger partial charge in [0.2, 0.25) is 0 Å². The molecule has 1 aliphatic heterocycles. The monoisotopic (exact) mass is 360 g/mol. The molecular formula is C12H25O10P. The van der Waals surface area contributed by atoms with E-state index in [1.165, 1.54) is 7.11 Å². The van der Waals surface area contributed by atoms with Crippen molar-refractivity contribution in [1.82, 2.24) is 0 Å². The number of methoxy groups -OCH3 is 1. The van der Waals surface area contributed by atoms with Crippen molar-refractivity contribution in [2.75, 3.05) is 46.8 Å². The summed E-state index contributed by atoms with van der Waals surface area (Å²) >= 11 is 0. The second-order valence-corrected chi connectivity index (χ2v) is 6.91. The van der Waals surface area contributed by atoms with Crippen LogP contribution in [-0.2, 0) is 28.0 Å². The summed E-state index contributed by atoms with van der Waals surface area (Å²) in [4.78, 5) is 8.98. The first-order valence-corrected chi connectivity index (χ1v) is 9.12. The van der Waals surface area contributed by atoms with Crippen molar-refractivity contribution < 1.29 is 48.2 Å². The molecule has 1 aliphatic rings. The van der Waals surface area contributed by atoms with Gasteiger partial charge in [0.1, 0.15) is 24.4 Å². The molecule has 6 unspecified atom stereocenters. The minimum Gasteiger partial charge on any atom is -0.394 e. The Hall–Kier alpha value is -0.130. The molecule has 11 heteroatoms. The lowest BCUT2D eigenvalue weighted by Crippen LogP contribution is -2.60. The average molecular weight is 360 g/mol. The summed E-state index contributed by atoms with van der Waals surface area (Å²) in [5.41, 5.74) is 0. The fourth-order valence-corrected chi connectivity index (χ4v) is 2.45. The summed E-state index contributed by atoms with van der Waals surface area (Å²) in [5.74, 6) is 0. The third kappa shape index (κ3) is 7.10. The Balaban J connectivity index is 2.51. The summed E-state index contributed by atoms with van der Waals surface area (Å²) in [5, 5.41) is 29.4. The molecule has 1 fully saturated rings. The zero-order valence-electron chi connectivity index (χ0n) is 13.1. The lowest BCUT2D eigenvalue weighted by atomic mass is 9.99. The van der Waals surface area contributed by atoms with Gasteiger partial charge >= 0.3 is 7.60 Å². The van der Waals surface area contributed by atoms with Gasteiger partial charge in [-0.25, -0.2) is 0 Å². The molecule has 1 saturated heterocycles. The molecule has 0 aromatic carbocycles. The van der Waals surface area contributed by atoms with Crippen LogP contribution in [0.2, 0.25) is 0 Å². The van der Waals surface area contributed by atoms with Crippen molar-refractivity contribution in [2.24, 2.45) is 0 Å². The first kappa shape index (κ1) is 20.9. The van der Waals surface area contributed by atoms with E-state index in [4.69, 9.17) is 23.8 Å². The van der Waals surface area contributed by atoms with Crippen molar-refractivity contribution in [1.29, 1.82) is 0 Å². The highest BCUT2D eigenvalue weighted by Gasteiger charge is 2.45. The Morgan fingerprint density at radius 1 is 1.09 bits per heavy atom. The molecule has 10 nitrogen and oxygen atoms in total. The first-order chi connectivity index (χ1) is 10.8. The summed E-state index contributed by atoms with van der Waals surface area (Å²) in [6, 6.07) is 0. The smallest absolute Gasteiger partial charge is 0.325 e. The minimum atomic E-state index is -3.62. The number of aliphatic hydroxyl groups excluding tert-OH is 3. The Bertz CT molecular complexity index is 373. The molecule has 0 spiro atoms. The highest BCUT2D eigenvalue weighted by Crippen LogP contribution is 2.36. The van der Waals surface area contributed by atoms with Crippen molar-refractivity contribution in [2.45, 2.75) is 30.7 Å². The highest BCUT2D eigenvalue weighted by molar-refractivity contribution is 7.51. The molecule has 1 rings (SSSR count). The van der Waals surface area contributed by atoms with Gasteiger partial charge in [0, 0.05) is 13.8 Å². The average Bonchev–Trinajstić information content (AvgIpc) is 2.48. The number of ether oxygens (including phenoxy) is 4. The molecular weight excluding hydrogens is 335 g/mol. The summed E-state index contributed by atoms with van der Waals surface area (Å²) in [6.45, 7) is 0.684. The molecule has 0 aromatic heterocycles. The molecule has 1 heterocycles. The van der Waals surface area contributed by atoms with Crippen LogP contribution in [0.5, 0.6) is 0 Å². The topological polar surface area (TPSA) is 144 Å². The molecule has 0 radical (unpaired) electrons. The van der Waals surface area contributed by atoms with E-state index in [2.05, 4.69) is 4.52 Å². The van der Waals surface area contributed by atoms with E-state index < -0.39 is 44.9 Å². The van der Waals surface area contributed by atoms with Crippen LogP contribution in [0, 0.1) is 0 Å². The second kappa shape index (κ2) is 10.00. The highest BCUT2D eigenvalue weighted by atomic mass is 31.2. The van der Waals surface area contributed by atoms with Gasteiger partial charge in [-0.05, 0) is 0 Å². The minimum absolute atomic E-state index is 0.123. The van der Waals surface area contributed by atoms with E-state index in [1.807, 2.05) is 0 Å². The molecule has 0 amide bonds. The van der Waals surface area contributed by atoms with E-state index in [-0.39, 0.29) is 26.4 Å². The van der Waals surface area contributed by atoms with Gasteiger partial charge in [-0.3, -0.25) is 4.57 Å². The lowest BCUT2D eigenvalue weighted by Gasteiger charge is -2.41. The predicted molar refractivity (Wildman–Crippen MR) is 77.0 cm³/mol. The van der Waals surface area contributed by atoms with Crippen LogP contribution in [0.3, 0.4) is 0 Å². The fraction of sp³-hybridized carbons (Fsp3) is 1.00. The fourth-order valence-electron chi connectivity index (χ4n) is 2.03. The number of aliphatic hydroxyl groups is 3. The largest absolute Gasteiger partial charge is 0.394 e. The molecule has 6 atom stereocenters. The van der Waals surface area contributed by atoms with Crippen LogP contribution in [0.1, 0.15) is 0 Å². The molecule has 0 aromatic rings. The van der Waals surface area contributed by atoms with Crippen LogP contribution < -0.4 is 0 Å². The lowest BCUT2D eigenvalue weighted by molar-refractivity contribution is -0.308. The maximum atomic E-state index is 11.0. The Morgan fingerprint density at radius 3 is 2.30 bits per heavy atom. The van der Waals surface area contributed by atoms with Gasteiger partial charge in [0.15, 0.2) is 6.29 Å². The van der Waals surface area contributed by atoms with Crippen LogP contribution in [-0.4, -0.2) is 97.7 Å².